The molecule has 1 fully saturated rings. The van der Waals surface area contributed by atoms with Crippen molar-refractivity contribution in [2.75, 3.05) is 20.2 Å². The van der Waals surface area contributed by atoms with Crippen LogP contribution in [-0.4, -0.2) is 32.3 Å². The third-order valence-electron chi connectivity index (χ3n) is 3.71. The maximum Gasteiger partial charge on any atom is 0.188 e. The first-order valence-electron chi connectivity index (χ1n) is 7.52. The molecule has 0 aromatic heterocycles. The first kappa shape index (κ1) is 15.5. The van der Waals surface area contributed by atoms with Crippen LogP contribution in [0.15, 0.2) is 29.3 Å². The maximum atomic E-state index is 5.86. The summed E-state index contributed by atoms with van der Waals surface area (Å²) < 4.78 is 11.1. The second-order valence-corrected chi connectivity index (χ2v) is 5.48. The fourth-order valence-corrected chi connectivity index (χ4v) is 2.20. The zero-order valence-electron chi connectivity index (χ0n) is 12.8. The molecular weight excluding hydrogens is 266 g/mol. The molecule has 1 aromatic carbocycles. The van der Waals surface area contributed by atoms with Crippen LogP contribution in [0.1, 0.15) is 26.2 Å². The molecule has 0 amide bonds. The van der Waals surface area contributed by atoms with Crippen LogP contribution in [0.5, 0.6) is 11.5 Å². The zero-order chi connectivity index (χ0) is 15.1. The molecule has 1 unspecified atom stereocenters. The van der Waals surface area contributed by atoms with Crippen molar-refractivity contribution in [2.24, 2.45) is 16.6 Å². The molecule has 1 aliphatic rings. The highest BCUT2D eigenvalue weighted by molar-refractivity contribution is 5.77. The summed E-state index contributed by atoms with van der Waals surface area (Å²) in [6.45, 7) is 3.41. The molecule has 1 saturated carbocycles. The number of hydrogen-bond acceptors (Lipinski definition) is 3. The van der Waals surface area contributed by atoms with E-state index in [0.29, 0.717) is 12.5 Å². The predicted molar refractivity (Wildman–Crippen MR) is 84.9 cm³/mol. The van der Waals surface area contributed by atoms with Crippen molar-refractivity contribution in [1.82, 2.24) is 5.32 Å². The molecule has 116 valence electrons. The van der Waals surface area contributed by atoms with Crippen molar-refractivity contribution in [3.05, 3.63) is 24.3 Å². The topological polar surface area (TPSA) is 68.9 Å². The van der Waals surface area contributed by atoms with Gasteiger partial charge in [-0.05, 0) is 37.8 Å². The Kier molecular flexibility index (Phi) is 5.72. The number of methoxy groups -OCH3 is 1. The highest BCUT2D eigenvalue weighted by atomic mass is 16.5. The largest absolute Gasteiger partial charge is 0.493 e. The number of para-hydroxylation sites is 2. The van der Waals surface area contributed by atoms with Crippen molar-refractivity contribution >= 4 is 5.96 Å². The van der Waals surface area contributed by atoms with E-state index in [0.717, 1.165) is 24.0 Å². The molecule has 5 nitrogen and oxygen atoms in total. The highest BCUT2D eigenvalue weighted by Crippen LogP contribution is 2.27. The fraction of sp³-hybridized carbons (Fsp3) is 0.562. The molecule has 0 radical (unpaired) electrons. The number of nitrogens with zero attached hydrogens (tertiary/aromatic N) is 1. The molecular formula is C16H25N3O2. The average molecular weight is 291 g/mol. The normalized spacial score (nSPS) is 17.0. The van der Waals surface area contributed by atoms with Crippen LogP contribution in [-0.2, 0) is 0 Å². The van der Waals surface area contributed by atoms with Gasteiger partial charge in [-0.2, -0.15) is 0 Å². The lowest BCUT2D eigenvalue weighted by atomic mass is 9.85. The Hall–Kier alpha value is -1.91. The number of hydrogen-bond donors (Lipinski definition) is 2. The van der Waals surface area contributed by atoms with Crippen LogP contribution in [0, 0.1) is 5.92 Å². The van der Waals surface area contributed by atoms with E-state index < -0.39 is 0 Å². The van der Waals surface area contributed by atoms with Gasteiger partial charge < -0.3 is 20.5 Å². The Morgan fingerprint density at radius 1 is 1.38 bits per heavy atom. The van der Waals surface area contributed by atoms with Gasteiger partial charge in [-0.1, -0.05) is 18.6 Å². The van der Waals surface area contributed by atoms with Crippen molar-refractivity contribution in [3.63, 3.8) is 0 Å². The summed E-state index contributed by atoms with van der Waals surface area (Å²) in [5.41, 5.74) is 5.86. The molecule has 5 heteroatoms. The summed E-state index contributed by atoms with van der Waals surface area (Å²) in [4.78, 5) is 4.32. The minimum Gasteiger partial charge on any atom is -0.493 e. The van der Waals surface area contributed by atoms with E-state index in [1.165, 1.54) is 19.3 Å². The van der Waals surface area contributed by atoms with Crippen LogP contribution in [0.4, 0.5) is 0 Å². The van der Waals surface area contributed by atoms with Crippen LogP contribution in [0.3, 0.4) is 0 Å². The summed E-state index contributed by atoms with van der Waals surface area (Å²) in [6.07, 6.45) is 3.87. The SMILES string of the molecule is COc1ccccc1OC(C)CN=C(N)NCC1CCC1. The number of benzene rings is 1. The molecule has 2 rings (SSSR count). The Labute approximate surface area is 126 Å². The van der Waals surface area contributed by atoms with Gasteiger partial charge in [-0.3, -0.25) is 0 Å². The lowest BCUT2D eigenvalue weighted by Crippen LogP contribution is -2.38. The summed E-state index contributed by atoms with van der Waals surface area (Å²) in [5.74, 6) is 2.71. The number of guanidine groups is 1. The van der Waals surface area contributed by atoms with E-state index in [1.54, 1.807) is 7.11 Å². The van der Waals surface area contributed by atoms with E-state index in [9.17, 15) is 0 Å². The van der Waals surface area contributed by atoms with Crippen LogP contribution >= 0.6 is 0 Å². The van der Waals surface area contributed by atoms with Crippen molar-refractivity contribution in [1.29, 1.82) is 0 Å². The third-order valence-corrected chi connectivity index (χ3v) is 3.71. The molecule has 0 heterocycles. The quantitative estimate of drug-likeness (QED) is 0.597. The summed E-state index contributed by atoms with van der Waals surface area (Å²) in [6, 6.07) is 7.59. The van der Waals surface area contributed by atoms with Gasteiger partial charge in [-0.25, -0.2) is 4.99 Å². The molecule has 0 aliphatic heterocycles. The van der Waals surface area contributed by atoms with Crippen molar-refractivity contribution in [2.45, 2.75) is 32.3 Å². The maximum absolute atomic E-state index is 5.86. The molecule has 0 bridgehead atoms. The lowest BCUT2D eigenvalue weighted by molar-refractivity contribution is 0.219. The minimum absolute atomic E-state index is 0.0645. The fourth-order valence-electron chi connectivity index (χ4n) is 2.20. The number of aliphatic imine (C=N–C) groups is 1. The Morgan fingerprint density at radius 3 is 2.71 bits per heavy atom. The number of nitrogens with two attached hydrogens (primary N) is 1. The van der Waals surface area contributed by atoms with E-state index >= 15 is 0 Å². The molecule has 1 aliphatic carbocycles. The standard InChI is InChI=1S/C16H25N3O2/c1-12(21-15-9-4-3-8-14(15)20-2)10-18-16(17)19-11-13-6-5-7-13/h3-4,8-9,12-13H,5-7,10-11H2,1-2H3,(H3,17,18,19). The van der Waals surface area contributed by atoms with Crippen LogP contribution < -0.4 is 20.5 Å². The first-order valence-corrected chi connectivity index (χ1v) is 7.52. The smallest absolute Gasteiger partial charge is 0.188 e. The van der Waals surface area contributed by atoms with Gasteiger partial charge in [0.15, 0.2) is 17.5 Å². The molecule has 0 spiro atoms. The van der Waals surface area contributed by atoms with Crippen LogP contribution in [0.2, 0.25) is 0 Å². The van der Waals surface area contributed by atoms with Crippen LogP contribution in [0.25, 0.3) is 0 Å². The van der Waals surface area contributed by atoms with Gasteiger partial charge in [0.1, 0.15) is 6.10 Å². The van der Waals surface area contributed by atoms with Gasteiger partial charge in [0, 0.05) is 6.54 Å². The van der Waals surface area contributed by atoms with E-state index in [4.69, 9.17) is 15.2 Å². The predicted octanol–water partition coefficient (Wildman–Crippen LogP) is 2.17. The van der Waals surface area contributed by atoms with Crippen molar-refractivity contribution in [3.8, 4) is 11.5 Å². The van der Waals surface area contributed by atoms with Gasteiger partial charge in [0.05, 0.1) is 13.7 Å². The zero-order valence-corrected chi connectivity index (χ0v) is 12.8. The van der Waals surface area contributed by atoms with E-state index in [1.807, 2.05) is 31.2 Å². The van der Waals surface area contributed by atoms with E-state index in [2.05, 4.69) is 10.3 Å². The van der Waals surface area contributed by atoms with Gasteiger partial charge in [0.2, 0.25) is 0 Å². The molecule has 21 heavy (non-hydrogen) atoms. The summed E-state index contributed by atoms with van der Waals surface area (Å²) in [7, 11) is 1.63. The van der Waals surface area contributed by atoms with E-state index in [-0.39, 0.29) is 6.10 Å². The summed E-state index contributed by atoms with van der Waals surface area (Å²) in [5, 5.41) is 3.17. The number of rotatable bonds is 7. The van der Waals surface area contributed by atoms with Crippen molar-refractivity contribution < 1.29 is 9.47 Å². The second kappa shape index (κ2) is 7.76. The average Bonchev–Trinajstić information content (AvgIpc) is 2.44. The Morgan fingerprint density at radius 2 is 2.10 bits per heavy atom. The second-order valence-electron chi connectivity index (χ2n) is 5.48. The molecule has 3 N–H and O–H groups in total. The first-order chi connectivity index (χ1) is 10.2. The number of nitrogens with one attached hydrogen (secondary N) is 1. The van der Waals surface area contributed by atoms with Gasteiger partial charge in [0.25, 0.3) is 0 Å². The summed E-state index contributed by atoms with van der Waals surface area (Å²) >= 11 is 0. The molecule has 0 saturated heterocycles. The molecule has 1 aromatic rings. The highest BCUT2D eigenvalue weighted by Gasteiger charge is 2.16. The van der Waals surface area contributed by atoms with Gasteiger partial charge in [-0.15, -0.1) is 0 Å². The number of ether oxygens (including phenoxy) is 2. The molecule has 1 atom stereocenters. The Bertz CT molecular complexity index is 472. The third kappa shape index (κ3) is 4.85. The minimum atomic E-state index is -0.0645. The monoisotopic (exact) mass is 291 g/mol. The Balaban J connectivity index is 1.76. The van der Waals surface area contributed by atoms with Gasteiger partial charge >= 0.3 is 0 Å². The lowest BCUT2D eigenvalue weighted by Gasteiger charge is -2.25.